The van der Waals surface area contributed by atoms with E-state index in [-0.39, 0.29) is 0 Å². The van der Waals surface area contributed by atoms with Gasteiger partial charge in [0.2, 0.25) is 0 Å². The summed E-state index contributed by atoms with van der Waals surface area (Å²) >= 11 is 0. The topological polar surface area (TPSA) is 34.4 Å². The molecule has 1 aliphatic rings. The molecule has 0 amide bonds. The highest BCUT2D eigenvalue weighted by molar-refractivity contribution is 5.37. The Hall–Kier alpha value is -1.74. The van der Waals surface area contributed by atoms with E-state index >= 15 is 0 Å². The van der Waals surface area contributed by atoms with Gasteiger partial charge in [-0.2, -0.15) is 0 Å². The van der Waals surface area contributed by atoms with E-state index in [1.54, 1.807) is 6.26 Å². The second-order valence-electron chi connectivity index (χ2n) is 5.08. The lowest BCUT2D eigenvalue weighted by molar-refractivity contribution is 0.244. The monoisotopic (exact) mass is 257 g/mol. The Morgan fingerprint density at radius 3 is 3.00 bits per heavy atom. The van der Waals surface area contributed by atoms with E-state index in [4.69, 9.17) is 9.15 Å². The molecule has 0 spiro atoms. The summed E-state index contributed by atoms with van der Waals surface area (Å²) in [5.74, 6) is 2.04. The van der Waals surface area contributed by atoms with Crippen molar-refractivity contribution in [3.05, 3.63) is 54.0 Å². The van der Waals surface area contributed by atoms with Crippen LogP contribution >= 0.6 is 0 Å². The lowest BCUT2D eigenvalue weighted by atomic mass is 9.99. The molecule has 3 nitrogen and oxygen atoms in total. The number of nitrogens with one attached hydrogen (secondary N) is 1. The van der Waals surface area contributed by atoms with E-state index < -0.39 is 0 Å². The Bertz CT molecular complexity index is 521. The summed E-state index contributed by atoms with van der Waals surface area (Å²) in [4.78, 5) is 0. The zero-order valence-electron chi connectivity index (χ0n) is 11.1. The molecule has 0 bridgehead atoms. The molecule has 0 fully saturated rings. The first kappa shape index (κ1) is 12.3. The molecule has 19 heavy (non-hydrogen) atoms. The molecule has 1 aromatic heterocycles. The zero-order valence-corrected chi connectivity index (χ0v) is 11.1. The van der Waals surface area contributed by atoms with Crippen LogP contribution in [0.2, 0.25) is 0 Å². The summed E-state index contributed by atoms with van der Waals surface area (Å²) in [7, 11) is 0. The zero-order chi connectivity index (χ0) is 13.1. The van der Waals surface area contributed by atoms with E-state index in [0.29, 0.717) is 12.1 Å². The van der Waals surface area contributed by atoms with Crippen molar-refractivity contribution in [2.75, 3.05) is 6.61 Å². The molecule has 2 aromatic rings. The summed E-state index contributed by atoms with van der Waals surface area (Å²) in [6.07, 6.45) is 3.65. The summed E-state index contributed by atoms with van der Waals surface area (Å²) in [5, 5.41) is 3.67. The van der Waals surface area contributed by atoms with Crippen LogP contribution in [0.3, 0.4) is 0 Å². The number of benzene rings is 1. The normalized spacial score (nSPS) is 19.5. The number of fused-ring (bicyclic) bond motifs is 1. The Morgan fingerprint density at radius 1 is 1.26 bits per heavy atom. The number of rotatable bonds is 4. The molecule has 3 rings (SSSR count). The van der Waals surface area contributed by atoms with Gasteiger partial charge in [0.05, 0.1) is 12.9 Å². The molecule has 0 saturated carbocycles. The van der Waals surface area contributed by atoms with Gasteiger partial charge in [0.1, 0.15) is 11.5 Å². The van der Waals surface area contributed by atoms with E-state index in [0.717, 1.165) is 31.0 Å². The fraction of sp³-hybridized carbons (Fsp3) is 0.375. The summed E-state index contributed by atoms with van der Waals surface area (Å²) in [6, 6.07) is 13.0. The van der Waals surface area contributed by atoms with E-state index in [1.807, 2.05) is 24.3 Å². The van der Waals surface area contributed by atoms with Gasteiger partial charge in [-0.15, -0.1) is 0 Å². The van der Waals surface area contributed by atoms with Crippen molar-refractivity contribution in [1.29, 1.82) is 0 Å². The number of hydrogen-bond acceptors (Lipinski definition) is 3. The van der Waals surface area contributed by atoms with Crippen molar-refractivity contribution >= 4 is 0 Å². The van der Waals surface area contributed by atoms with Gasteiger partial charge in [0.25, 0.3) is 0 Å². The quantitative estimate of drug-likeness (QED) is 0.912. The second kappa shape index (κ2) is 5.49. The van der Waals surface area contributed by atoms with Crippen LogP contribution in [-0.2, 0) is 6.42 Å². The first-order valence-electron chi connectivity index (χ1n) is 6.83. The lowest BCUT2D eigenvalue weighted by Crippen LogP contribution is -2.34. The Kier molecular flexibility index (Phi) is 3.56. The molecule has 0 saturated heterocycles. The van der Waals surface area contributed by atoms with Crippen molar-refractivity contribution in [2.45, 2.75) is 31.8 Å². The first-order chi connectivity index (χ1) is 9.33. The van der Waals surface area contributed by atoms with E-state index in [1.165, 1.54) is 5.56 Å². The van der Waals surface area contributed by atoms with Gasteiger partial charge in [0, 0.05) is 30.5 Å². The summed E-state index contributed by atoms with van der Waals surface area (Å²) in [6.45, 7) is 2.97. The third-order valence-electron chi connectivity index (χ3n) is 3.53. The average Bonchev–Trinajstić information content (AvgIpc) is 2.92. The molecular weight excluding hydrogens is 238 g/mol. The number of furan rings is 1. The third kappa shape index (κ3) is 2.82. The van der Waals surface area contributed by atoms with Crippen LogP contribution in [0.25, 0.3) is 0 Å². The smallest absolute Gasteiger partial charge is 0.124 e. The molecule has 0 radical (unpaired) electrons. The van der Waals surface area contributed by atoms with Gasteiger partial charge in [-0.3, -0.25) is 0 Å². The van der Waals surface area contributed by atoms with Crippen molar-refractivity contribution < 1.29 is 9.15 Å². The molecule has 2 heterocycles. The highest BCUT2D eigenvalue weighted by Gasteiger charge is 2.22. The van der Waals surface area contributed by atoms with Crippen molar-refractivity contribution in [3.8, 4) is 5.75 Å². The van der Waals surface area contributed by atoms with Gasteiger partial charge >= 0.3 is 0 Å². The van der Waals surface area contributed by atoms with Crippen molar-refractivity contribution in [2.24, 2.45) is 0 Å². The van der Waals surface area contributed by atoms with E-state index in [2.05, 4.69) is 24.4 Å². The maximum Gasteiger partial charge on any atom is 0.124 e. The number of para-hydroxylation sites is 1. The van der Waals surface area contributed by atoms with Gasteiger partial charge in [-0.25, -0.2) is 0 Å². The lowest BCUT2D eigenvalue weighted by Gasteiger charge is -2.29. The SMILES string of the molecule is CC(Cc1ccco1)NC1CCOc2ccccc21. The van der Waals surface area contributed by atoms with E-state index in [9.17, 15) is 0 Å². The van der Waals surface area contributed by atoms with Gasteiger partial charge in [-0.1, -0.05) is 18.2 Å². The minimum absolute atomic E-state index is 0.370. The standard InChI is InChI=1S/C16H19NO2/c1-12(11-13-5-4-9-18-13)17-15-8-10-19-16-7-3-2-6-14(15)16/h2-7,9,12,15,17H,8,10-11H2,1H3. The molecule has 2 atom stereocenters. The maximum atomic E-state index is 5.68. The molecular formula is C16H19NO2. The molecule has 0 aliphatic carbocycles. The van der Waals surface area contributed by atoms with Crippen LogP contribution < -0.4 is 10.1 Å². The number of ether oxygens (including phenoxy) is 1. The van der Waals surface area contributed by atoms with Crippen molar-refractivity contribution in [1.82, 2.24) is 5.32 Å². The summed E-state index contributed by atoms with van der Waals surface area (Å²) in [5.41, 5.74) is 1.26. The molecule has 1 N–H and O–H groups in total. The van der Waals surface area contributed by atoms with Crippen LogP contribution in [0, 0.1) is 0 Å². The predicted molar refractivity (Wildman–Crippen MR) is 74.3 cm³/mol. The van der Waals surface area contributed by atoms with Gasteiger partial charge in [0.15, 0.2) is 0 Å². The number of hydrogen-bond donors (Lipinski definition) is 1. The van der Waals surface area contributed by atoms with Crippen LogP contribution in [0.1, 0.15) is 30.7 Å². The average molecular weight is 257 g/mol. The fourth-order valence-electron chi connectivity index (χ4n) is 2.65. The Morgan fingerprint density at radius 2 is 2.16 bits per heavy atom. The molecule has 1 aliphatic heterocycles. The highest BCUT2D eigenvalue weighted by atomic mass is 16.5. The molecule has 100 valence electrons. The van der Waals surface area contributed by atoms with Gasteiger partial charge in [-0.05, 0) is 25.1 Å². The predicted octanol–water partition coefficient (Wildman–Crippen LogP) is 3.32. The van der Waals surface area contributed by atoms with Crippen LogP contribution in [-0.4, -0.2) is 12.6 Å². The second-order valence-corrected chi connectivity index (χ2v) is 5.08. The van der Waals surface area contributed by atoms with Gasteiger partial charge < -0.3 is 14.5 Å². The third-order valence-corrected chi connectivity index (χ3v) is 3.53. The van der Waals surface area contributed by atoms with Crippen LogP contribution in [0.15, 0.2) is 47.1 Å². The molecule has 1 aromatic carbocycles. The largest absolute Gasteiger partial charge is 0.493 e. The minimum atomic E-state index is 0.370. The highest BCUT2D eigenvalue weighted by Crippen LogP contribution is 2.31. The first-order valence-corrected chi connectivity index (χ1v) is 6.83. The maximum absolute atomic E-state index is 5.68. The fourth-order valence-corrected chi connectivity index (χ4v) is 2.65. The van der Waals surface area contributed by atoms with Crippen molar-refractivity contribution in [3.63, 3.8) is 0 Å². The Balaban J connectivity index is 1.67. The summed E-state index contributed by atoms with van der Waals surface area (Å²) < 4.78 is 11.1. The van der Waals surface area contributed by atoms with Crippen LogP contribution in [0.5, 0.6) is 5.75 Å². The Labute approximate surface area is 113 Å². The van der Waals surface area contributed by atoms with Crippen LogP contribution in [0.4, 0.5) is 0 Å². The molecule has 3 heteroatoms. The minimum Gasteiger partial charge on any atom is -0.493 e. The molecule has 2 unspecified atom stereocenters.